The summed E-state index contributed by atoms with van der Waals surface area (Å²) in [6.07, 6.45) is 1.87. The minimum absolute atomic E-state index is 0.00606. The summed E-state index contributed by atoms with van der Waals surface area (Å²) in [6.45, 7) is 0.662. The Kier molecular flexibility index (Phi) is 6.27. The summed E-state index contributed by atoms with van der Waals surface area (Å²) in [5.74, 6) is -2.25. The molecule has 168 valence electrons. The van der Waals surface area contributed by atoms with Crippen molar-refractivity contribution in [3.05, 3.63) is 83.8 Å². The van der Waals surface area contributed by atoms with E-state index in [9.17, 15) is 22.0 Å². The predicted molar refractivity (Wildman–Crippen MR) is 112 cm³/mol. The third-order valence-electron chi connectivity index (χ3n) is 5.31. The number of carbonyl (C=O) groups is 1. The van der Waals surface area contributed by atoms with Crippen LogP contribution in [0.2, 0.25) is 0 Å². The fraction of sp³-hybridized carbons (Fsp3) is 0.261. The molecule has 0 bridgehead atoms. The number of hydrogen-bond acceptors (Lipinski definition) is 5. The number of amides is 1. The predicted octanol–water partition coefficient (Wildman–Crippen LogP) is 4.22. The number of ether oxygens (including phenoxy) is 1. The molecule has 1 fully saturated rings. The molecule has 1 amide bonds. The van der Waals surface area contributed by atoms with Gasteiger partial charge in [0.25, 0.3) is 5.91 Å². The third kappa shape index (κ3) is 4.83. The molecule has 4 rings (SSSR count). The Morgan fingerprint density at radius 2 is 1.78 bits per heavy atom. The van der Waals surface area contributed by atoms with E-state index in [0.29, 0.717) is 31.5 Å². The average molecular weight is 461 g/mol. The maximum Gasteiger partial charge on any atom is 0.289 e. The van der Waals surface area contributed by atoms with Crippen LogP contribution in [0.1, 0.15) is 29.0 Å². The second kappa shape index (κ2) is 9.12. The number of halogens is 2. The molecule has 0 atom stereocenters. The number of sulfone groups is 1. The Bertz CT molecular complexity index is 1200. The van der Waals surface area contributed by atoms with Gasteiger partial charge in [0.1, 0.15) is 11.9 Å². The molecule has 1 aliphatic rings. The van der Waals surface area contributed by atoms with Crippen LogP contribution in [0, 0.1) is 11.6 Å². The fourth-order valence-corrected chi connectivity index (χ4v) is 5.00. The summed E-state index contributed by atoms with van der Waals surface area (Å²) in [5.41, 5.74) is 0.297. The topological polar surface area (TPSA) is 76.8 Å². The minimum Gasteiger partial charge on any atom is -0.487 e. The normalized spacial score (nSPS) is 15.0. The van der Waals surface area contributed by atoms with Crippen LogP contribution in [-0.4, -0.2) is 38.4 Å². The molecule has 9 heteroatoms. The van der Waals surface area contributed by atoms with Crippen molar-refractivity contribution in [3.8, 4) is 5.75 Å². The third-order valence-corrected chi connectivity index (χ3v) is 6.99. The lowest BCUT2D eigenvalue weighted by atomic mass is 10.1. The Labute approximate surface area is 184 Å². The van der Waals surface area contributed by atoms with Crippen LogP contribution in [0.5, 0.6) is 5.75 Å². The van der Waals surface area contributed by atoms with Gasteiger partial charge in [-0.3, -0.25) is 4.79 Å². The summed E-state index contributed by atoms with van der Waals surface area (Å²) in [7, 11) is -3.63. The molecule has 0 saturated carbocycles. The number of likely N-dealkylation sites (tertiary alicyclic amines) is 1. The first-order valence-corrected chi connectivity index (χ1v) is 11.7. The molecule has 0 unspecified atom stereocenters. The quantitative estimate of drug-likeness (QED) is 0.550. The number of hydrogen-bond donors (Lipinski definition) is 0. The molecule has 6 nitrogen and oxygen atoms in total. The van der Waals surface area contributed by atoms with Crippen molar-refractivity contribution in [2.75, 3.05) is 13.1 Å². The lowest BCUT2D eigenvalue weighted by Gasteiger charge is -2.32. The highest BCUT2D eigenvalue weighted by atomic mass is 32.2. The van der Waals surface area contributed by atoms with Crippen molar-refractivity contribution in [1.82, 2.24) is 4.90 Å². The highest BCUT2D eigenvalue weighted by Gasteiger charge is 2.29. The van der Waals surface area contributed by atoms with Gasteiger partial charge in [-0.2, -0.15) is 0 Å². The number of benzene rings is 2. The zero-order valence-electron chi connectivity index (χ0n) is 17.0. The van der Waals surface area contributed by atoms with Crippen LogP contribution in [0.3, 0.4) is 0 Å². The lowest BCUT2D eigenvalue weighted by Crippen LogP contribution is -2.42. The van der Waals surface area contributed by atoms with Gasteiger partial charge in [-0.15, -0.1) is 0 Å². The average Bonchev–Trinajstić information content (AvgIpc) is 3.23. The van der Waals surface area contributed by atoms with Gasteiger partial charge in [0.05, 0.1) is 16.9 Å². The molecule has 2 aromatic carbocycles. The minimum atomic E-state index is -3.63. The molecule has 0 radical (unpaired) electrons. The largest absolute Gasteiger partial charge is 0.487 e. The van der Waals surface area contributed by atoms with E-state index in [1.54, 1.807) is 23.1 Å². The Balaban J connectivity index is 1.40. The molecule has 1 aliphatic heterocycles. The zero-order chi connectivity index (χ0) is 22.7. The van der Waals surface area contributed by atoms with E-state index in [2.05, 4.69) is 0 Å². The summed E-state index contributed by atoms with van der Waals surface area (Å²) >= 11 is 0. The van der Waals surface area contributed by atoms with Gasteiger partial charge < -0.3 is 14.1 Å². The second-order valence-corrected chi connectivity index (χ2v) is 9.52. The van der Waals surface area contributed by atoms with Crippen LogP contribution in [0.15, 0.2) is 70.2 Å². The van der Waals surface area contributed by atoms with E-state index in [1.807, 2.05) is 0 Å². The summed E-state index contributed by atoms with van der Waals surface area (Å²) in [4.78, 5) is 14.7. The van der Waals surface area contributed by atoms with Crippen molar-refractivity contribution >= 4 is 15.7 Å². The van der Waals surface area contributed by atoms with E-state index in [1.165, 1.54) is 30.5 Å². The van der Waals surface area contributed by atoms with Crippen LogP contribution < -0.4 is 4.74 Å². The van der Waals surface area contributed by atoms with Gasteiger partial charge in [-0.05, 0) is 30.3 Å². The number of rotatable bonds is 6. The van der Waals surface area contributed by atoms with E-state index in [-0.39, 0.29) is 28.3 Å². The summed E-state index contributed by atoms with van der Waals surface area (Å²) < 4.78 is 63.2. The molecule has 1 saturated heterocycles. The zero-order valence-corrected chi connectivity index (χ0v) is 17.9. The number of furan rings is 1. The monoisotopic (exact) mass is 461 g/mol. The molecule has 2 heterocycles. The second-order valence-electron chi connectivity index (χ2n) is 7.53. The van der Waals surface area contributed by atoms with E-state index in [4.69, 9.17) is 9.15 Å². The van der Waals surface area contributed by atoms with Crippen LogP contribution in [0.25, 0.3) is 0 Å². The van der Waals surface area contributed by atoms with Gasteiger partial charge in [0, 0.05) is 37.6 Å². The molecule has 0 spiro atoms. The Hall–Kier alpha value is -3.20. The maximum absolute atomic E-state index is 13.8. The van der Waals surface area contributed by atoms with E-state index < -0.39 is 27.4 Å². The highest BCUT2D eigenvalue weighted by Crippen LogP contribution is 2.25. The smallest absolute Gasteiger partial charge is 0.289 e. The van der Waals surface area contributed by atoms with E-state index >= 15 is 0 Å². The first-order chi connectivity index (χ1) is 15.3. The van der Waals surface area contributed by atoms with Crippen LogP contribution >= 0.6 is 0 Å². The number of nitrogens with zero attached hydrogens (tertiary/aromatic N) is 1. The highest BCUT2D eigenvalue weighted by molar-refractivity contribution is 7.90. The molecule has 3 aromatic rings. The number of carbonyl (C=O) groups excluding carboxylic acids is 1. The van der Waals surface area contributed by atoms with Crippen LogP contribution in [0.4, 0.5) is 8.78 Å². The van der Waals surface area contributed by atoms with Gasteiger partial charge in [-0.25, -0.2) is 17.2 Å². The molecule has 0 N–H and O–H groups in total. The van der Waals surface area contributed by atoms with Crippen molar-refractivity contribution < 1.29 is 31.1 Å². The number of piperidine rings is 1. The SMILES string of the molecule is O=C(c1occc1CS(=O)(=O)c1ccccc1)N1CCC(Oc2ccc(F)cc2F)CC1. The molecule has 0 aliphatic carbocycles. The van der Waals surface area contributed by atoms with Crippen molar-refractivity contribution in [2.24, 2.45) is 0 Å². The van der Waals surface area contributed by atoms with Crippen molar-refractivity contribution in [1.29, 1.82) is 0 Å². The first-order valence-electron chi connectivity index (χ1n) is 10.1. The molecular formula is C23H21F2NO5S. The molecule has 32 heavy (non-hydrogen) atoms. The van der Waals surface area contributed by atoms with Crippen molar-refractivity contribution in [2.45, 2.75) is 29.6 Å². The van der Waals surface area contributed by atoms with E-state index in [0.717, 1.165) is 12.1 Å². The Morgan fingerprint density at radius 1 is 1.06 bits per heavy atom. The first kappa shape index (κ1) is 22.0. The standard InChI is InChI=1S/C23H21F2NO5S/c24-17-6-7-21(20(25)14-17)31-18-8-11-26(12-9-18)23(27)22-16(10-13-30-22)15-32(28,29)19-4-2-1-3-5-19/h1-7,10,13-14,18H,8-9,11-12,15H2. The fourth-order valence-electron chi connectivity index (χ4n) is 3.62. The van der Waals surface area contributed by atoms with Gasteiger partial charge >= 0.3 is 0 Å². The van der Waals surface area contributed by atoms with Gasteiger partial charge in [-0.1, -0.05) is 18.2 Å². The lowest BCUT2D eigenvalue weighted by molar-refractivity contribution is 0.0559. The Morgan fingerprint density at radius 3 is 2.47 bits per heavy atom. The summed E-state index contributed by atoms with van der Waals surface area (Å²) in [5, 5.41) is 0. The van der Waals surface area contributed by atoms with Gasteiger partial charge in [0.2, 0.25) is 0 Å². The molecular weight excluding hydrogens is 440 g/mol. The van der Waals surface area contributed by atoms with Crippen LogP contribution in [-0.2, 0) is 15.6 Å². The maximum atomic E-state index is 13.8. The van der Waals surface area contributed by atoms with Crippen molar-refractivity contribution in [3.63, 3.8) is 0 Å². The van der Waals surface area contributed by atoms with Gasteiger partial charge in [0.15, 0.2) is 27.2 Å². The summed E-state index contributed by atoms with van der Waals surface area (Å²) in [6, 6.07) is 12.6. The molecule has 1 aromatic heterocycles.